The Hall–Kier alpha value is -0.560. The maximum atomic E-state index is 10.8. The van der Waals surface area contributed by atoms with E-state index in [1.54, 1.807) is 11.8 Å². The van der Waals surface area contributed by atoms with E-state index in [1.165, 1.54) is 0 Å². The fourth-order valence-corrected chi connectivity index (χ4v) is 5.24. The van der Waals surface area contributed by atoms with E-state index < -0.39 is 23.8 Å². The molecule has 1 rings (SSSR count). The Labute approximate surface area is 168 Å². The number of carboxylic acids is 1. The SMILES string of the molecule is CCCCC(C)C(C)(O)CS[C@H]1C(O)CC(O)[C@@H]1CC=CCCCC(=O)O. The summed E-state index contributed by atoms with van der Waals surface area (Å²) >= 11 is 1.57. The third kappa shape index (κ3) is 8.55. The molecule has 1 fully saturated rings. The van der Waals surface area contributed by atoms with Gasteiger partial charge in [-0.3, -0.25) is 4.79 Å². The molecule has 0 saturated heterocycles. The smallest absolute Gasteiger partial charge is 0.303 e. The van der Waals surface area contributed by atoms with E-state index in [4.69, 9.17) is 5.11 Å². The quantitative estimate of drug-likeness (QED) is 0.277. The molecule has 4 unspecified atom stereocenters. The zero-order valence-electron chi connectivity index (χ0n) is 17.0. The molecule has 1 aliphatic carbocycles. The molecule has 0 aromatic heterocycles. The van der Waals surface area contributed by atoms with Crippen molar-refractivity contribution in [2.24, 2.45) is 11.8 Å². The van der Waals surface area contributed by atoms with Crippen molar-refractivity contribution >= 4 is 17.7 Å². The van der Waals surface area contributed by atoms with Gasteiger partial charge in [0.1, 0.15) is 0 Å². The van der Waals surface area contributed by atoms with Gasteiger partial charge in [0.05, 0.1) is 17.8 Å². The van der Waals surface area contributed by atoms with Gasteiger partial charge in [-0.1, -0.05) is 38.8 Å². The number of aliphatic hydroxyl groups is 3. The Morgan fingerprint density at radius 3 is 2.59 bits per heavy atom. The largest absolute Gasteiger partial charge is 0.481 e. The summed E-state index contributed by atoms with van der Waals surface area (Å²) in [5.41, 5.74) is -0.787. The highest BCUT2D eigenvalue weighted by atomic mass is 32.2. The van der Waals surface area contributed by atoms with Crippen molar-refractivity contribution in [2.45, 2.75) is 95.2 Å². The summed E-state index contributed by atoms with van der Waals surface area (Å²) in [6, 6.07) is 0. The van der Waals surface area contributed by atoms with Gasteiger partial charge in [-0.2, -0.15) is 11.8 Å². The second-order valence-corrected chi connectivity index (χ2v) is 9.37. The van der Waals surface area contributed by atoms with Crippen molar-refractivity contribution in [1.29, 1.82) is 0 Å². The lowest BCUT2D eigenvalue weighted by atomic mass is 9.88. The standard InChI is InChI=1S/C21H38O5S/c1-4-5-10-15(2)21(3,26)14-27-20-16(17(22)13-18(20)23)11-8-6-7-9-12-19(24)25/h6,8,15-18,20,22-23,26H,4-5,7,9-14H2,1-3H3,(H,24,25)/t15?,16-,17?,18?,20+,21?/m0/s1. The number of unbranched alkanes of at least 4 members (excludes halogenated alkanes) is 2. The number of rotatable bonds is 13. The van der Waals surface area contributed by atoms with Crippen LogP contribution < -0.4 is 0 Å². The van der Waals surface area contributed by atoms with Crippen molar-refractivity contribution in [3.05, 3.63) is 12.2 Å². The molecule has 4 N–H and O–H groups in total. The van der Waals surface area contributed by atoms with Crippen LogP contribution in [0.3, 0.4) is 0 Å². The van der Waals surface area contributed by atoms with Crippen LogP contribution in [-0.2, 0) is 4.79 Å². The van der Waals surface area contributed by atoms with Crippen molar-refractivity contribution in [2.75, 3.05) is 5.75 Å². The van der Waals surface area contributed by atoms with Crippen LogP contribution in [0.15, 0.2) is 12.2 Å². The van der Waals surface area contributed by atoms with Crippen LogP contribution in [0.1, 0.15) is 72.1 Å². The van der Waals surface area contributed by atoms with E-state index in [9.17, 15) is 20.1 Å². The number of aliphatic hydroxyl groups excluding tert-OH is 2. The highest BCUT2D eigenvalue weighted by Gasteiger charge is 2.42. The summed E-state index contributed by atoms with van der Waals surface area (Å²) in [4.78, 5) is 10.5. The normalized spacial score (nSPS) is 29.1. The highest BCUT2D eigenvalue weighted by Crippen LogP contribution is 2.40. The molecular weight excluding hydrogens is 364 g/mol. The minimum Gasteiger partial charge on any atom is -0.481 e. The van der Waals surface area contributed by atoms with Crippen LogP contribution in [0.5, 0.6) is 0 Å². The molecule has 6 atom stereocenters. The first-order chi connectivity index (χ1) is 12.7. The molecule has 0 amide bonds. The zero-order chi connectivity index (χ0) is 20.4. The van der Waals surface area contributed by atoms with Gasteiger partial charge in [0, 0.05) is 29.8 Å². The Bertz CT molecular complexity index is 465. The molecule has 6 heteroatoms. The van der Waals surface area contributed by atoms with E-state index in [0.717, 1.165) is 19.3 Å². The van der Waals surface area contributed by atoms with Gasteiger partial charge in [-0.05, 0) is 38.5 Å². The zero-order valence-corrected chi connectivity index (χ0v) is 17.8. The number of hydrogen-bond acceptors (Lipinski definition) is 5. The predicted molar refractivity (Wildman–Crippen MR) is 111 cm³/mol. The molecule has 0 aromatic rings. The van der Waals surface area contributed by atoms with Gasteiger partial charge in [0.15, 0.2) is 0 Å². The lowest BCUT2D eigenvalue weighted by molar-refractivity contribution is -0.137. The van der Waals surface area contributed by atoms with Gasteiger partial charge < -0.3 is 20.4 Å². The van der Waals surface area contributed by atoms with Gasteiger partial charge >= 0.3 is 5.97 Å². The first-order valence-corrected chi connectivity index (χ1v) is 11.3. The second kappa shape index (κ2) is 12.1. The summed E-state index contributed by atoms with van der Waals surface area (Å²) in [5.74, 6) is -0.0802. The summed E-state index contributed by atoms with van der Waals surface area (Å²) in [7, 11) is 0. The summed E-state index contributed by atoms with van der Waals surface area (Å²) in [5, 5.41) is 40.0. The molecule has 0 aromatic carbocycles. The van der Waals surface area contributed by atoms with Gasteiger partial charge in [0.2, 0.25) is 0 Å². The fourth-order valence-electron chi connectivity index (χ4n) is 3.56. The van der Waals surface area contributed by atoms with E-state index in [1.807, 2.05) is 19.1 Å². The second-order valence-electron chi connectivity index (χ2n) is 8.20. The number of aliphatic carboxylic acids is 1. The Kier molecular flexibility index (Phi) is 11.0. The van der Waals surface area contributed by atoms with E-state index in [0.29, 0.717) is 31.4 Å². The van der Waals surface area contributed by atoms with Gasteiger partial charge in [-0.15, -0.1) is 0 Å². The van der Waals surface area contributed by atoms with Crippen LogP contribution in [0, 0.1) is 11.8 Å². The van der Waals surface area contributed by atoms with E-state index in [-0.39, 0.29) is 23.5 Å². The summed E-state index contributed by atoms with van der Waals surface area (Å²) < 4.78 is 0. The number of hydrogen-bond donors (Lipinski definition) is 4. The van der Waals surface area contributed by atoms with Crippen molar-refractivity contribution < 1.29 is 25.2 Å². The van der Waals surface area contributed by atoms with Crippen LogP contribution >= 0.6 is 11.8 Å². The molecule has 27 heavy (non-hydrogen) atoms. The van der Waals surface area contributed by atoms with Gasteiger partial charge in [0.25, 0.3) is 0 Å². The Morgan fingerprint density at radius 1 is 1.26 bits per heavy atom. The van der Waals surface area contributed by atoms with Crippen LogP contribution in [0.25, 0.3) is 0 Å². The molecule has 0 bridgehead atoms. The molecule has 0 spiro atoms. The first-order valence-electron chi connectivity index (χ1n) is 10.3. The molecule has 1 saturated carbocycles. The third-order valence-electron chi connectivity index (χ3n) is 5.74. The predicted octanol–water partition coefficient (Wildman–Crippen LogP) is 3.61. The Morgan fingerprint density at radius 2 is 1.96 bits per heavy atom. The topological polar surface area (TPSA) is 98.0 Å². The minimum atomic E-state index is -0.787. The monoisotopic (exact) mass is 402 g/mol. The molecule has 5 nitrogen and oxygen atoms in total. The third-order valence-corrected chi connectivity index (χ3v) is 7.53. The van der Waals surface area contributed by atoms with Gasteiger partial charge in [-0.25, -0.2) is 0 Å². The summed E-state index contributed by atoms with van der Waals surface area (Å²) in [6.07, 6.45) is 8.58. The van der Waals surface area contributed by atoms with E-state index >= 15 is 0 Å². The minimum absolute atomic E-state index is 0.0394. The molecule has 1 aliphatic rings. The Balaban J connectivity index is 2.53. The number of allylic oxidation sites excluding steroid dienone is 2. The molecular formula is C21H38O5S. The molecule has 158 valence electrons. The average Bonchev–Trinajstić information content (AvgIpc) is 2.86. The van der Waals surface area contributed by atoms with Crippen molar-refractivity contribution in [3.63, 3.8) is 0 Å². The van der Waals surface area contributed by atoms with E-state index in [2.05, 4.69) is 13.8 Å². The molecule has 0 aliphatic heterocycles. The van der Waals surface area contributed by atoms with Crippen LogP contribution in [0.4, 0.5) is 0 Å². The number of carbonyl (C=O) groups is 1. The van der Waals surface area contributed by atoms with Crippen LogP contribution in [-0.4, -0.2) is 55.2 Å². The lowest BCUT2D eigenvalue weighted by Gasteiger charge is -2.32. The van der Waals surface area contributed by atoms with Crippen molar-refractivity contribution in [3.8, 4) is 0 Å². The molecule has 0 heterocycles. The maximum absolute atomic E-state index is 10.8. The maximum Gasteiger partial charge on any atom is 0.303 e. The first kappa shape index (κ1) is 24.5. The highest BCUT2D eigenvalue weighted by molar-refractivity contribution is 8.00. The average molecular weight is 403 g/mol. The van der Waals surface area contributed by atoms with Crippen LogP contribution in [0.2, 0.25) is 0 Å². The fraction of sp³-hybridized carbons (Fsp3) is 0.857. The summed E-state index contributed by atoms with van der Waals surface area (Å²) in [6.45, 7) is 6.09. The van der Waals surface area contributed by atoms with Crippen molar-refractivity contribution in [1.82, 2.24) is 0 Å². The number of carboxylic acid groups (broad SMARTS) is 1. The lowest BCUT2D eigenvalue weighted by Crippen LogP contribution is -2.37. The number of thioether (sulfide) groups is 1. The molecule has 0 radical (unpaired) electrons.